The molecule has 0 spiro atoms. The van der Waals surface area contributed by atoms with E-state index in [2.05, 4.69) is 29.5 Å². The summed E-state index contributed by atoms with van der Waals surface area (Å²) >= 11 is 0. The van der Waals surface area contributed by atoms with Gasteiger partial charge in [-0.25, -0.2) is 0 Å². The highest BCUT2D eigenvalue weighted by molar-refractivity contribution is 14.0. The molecular formula is C13H28IN3O2. The third-order valence-corrected chi connectivity index (χ3v) is 2.59. The minimum Gasteiger partial charge on any atom is -0.389 e. The van der Waals surface area contributed by atoms with E-state index in [1.807, 2.05) is 6.92 Å². The largest absolute Gasteiger partial charge is 0.389 e. The van der Waals surface area contributed by atoms with Crippen LogP contribution in [0, 0.1) is 5.92 Å². The number of nitrogens with zero attached hydrogens (tertiary/aromatic N) is 1. The van der Waals surface area contributed by atoms with E-state index in [9.17, 15) is 5.11 Å². The van der Waals surface area contributed by atoms with Crippen molar-refractivity contribution in [3.05, 3.63) is 0 Å². The fourth-order valence-corrected chi connectivity index (χ4v) is 1.50. The molecule has 114 valence electrons. The topological polar surface area (TPSA) is 65.9 Å². The van der Waals surface area contributed by atoms with Crippen LogP contribution in [-0.4, -0.2) is 49.5 Å². The van der Waals surface area contributed by atoms with Gasteiger partial charge >= 0.3 is 0 Å². The minimum atomic E-state index is -0.522. The predicted molar refractivity (Wildman–Crippen MR) is 89.2 cm³/mol. The average Bonchev–Trinajstić information content (AvgIpc) is 3.09. The summed E-state index contributed by atoms with van der Waals surface area (Å²) < 4.78 is 5.43. The number of aliphatic hydroxyl groups excluding tert-OH is 1. The summed E-state index contributed by atoms with van der Waals surface area (Å²) in [4.78, 5) is 4.33. The molecule has 1 saturated carbocycles. The zero-order chi connectivity index (χ0) is 13.4. The van der Waals surface area contributed by atoms with Crippen molar-refractivity contribution in [1.82, 2.24) is 10.6 Å². The van der Waals surface area contributed by atoms with Crippen molar-refractivity contribution in [2.24, 2.45) is 10.9 Å². The minimum absolute atomic E-state index is 0. The van der Waals surface area contributed by atoms with Crippen LogP contribution in [0.3, 0.4) is 0 Å². The van der Waals surface area contributed by atoms with Gasteiger partial charge in [0.1, 0.15) is 0 Å². The molecule has 3 N–H and O–H groups in total. The number of rotatable bonds is 8. The van der Waals surface area contributed by atoms with Crippen LogP contribution in [0.1, 0.15) is 33.6 Å². The Kier molecular flexibility index (Phi) is 10.6. The first-order valence-electron chi connectivity index (χ1n) is 6.92. The van der Waals surface area contributed by atoms with Crippen molar-refractivity contribution in [3.8, 4) is 0 Å². The van der Waals surface area contributed by atoms with Crippen LogP contribution in [0.15, 0.2) is 4.99 Å². The molecule has 0 saturated heterocycles. The number of nitrogens with one attached hydrogen (secondary N) is 2. The van der Waals surface area contributed by atoms with E-state index < -0.39 is 6.10 Å². The van der Waals surface area contributed by atoms with Crippen LogP contribution in [0.25, 0.3) is 0 Å². The van der Waals surface area contributed by atoms with Gasteiger partial charge in [-0.1, -0.05) is 0 Å². The molecule has 5 nitrogen and oxygen atoms in total. The van der Waals surface area contributed by atoms with E-state index >= 15 is 0 Å². The van der Waals surface area contributed by atoms with E-state index in [0.717, 1.165) is 25.0 Å². The summed E-state index contributed by atoms with van der Waals surface area (Å²) in [5.74, 6) is 1.48. The van der Waals surface area contributed by atoms with Crippen molar-refractivity contribution in [1.29, 1.82) is 0 Å². The van der Waals surface area contributed by atoms with Crippen molar-refractivity contribution in [2.45, 2.75) is 45.8 Å². The van der Waals surface area contributed by atoms with Crippen LogP contribution in [0.4, 0.5) is 0 Å². The summed E-state index contributed by atoms with van der Waals surface area (Å²) in [5.41, 5.74) is 0. The Bertz CT molecular complexity index is 258. The van der Waals surface area contributed by atoms with E-state index in [4.69, 9.17) is 4.74 Å². The van der Waals surface area contributed by atoms with Crippen LogP contribution in [0.5, 0.6) is 0 Å². The summed E-state index contributed by atoms with van der Waals surface area (Å²) in [6.07, 6.45) is 2.03. The van der Waals surface area contributed by atoms with Crippen LogP contribution in [0.2, 0.25) is 0 Å². The predicted octanol–water partition coefficient (Wildman–Crippen LogP) is 1.36. The number of hydrogen-bond acceptors (Lipinski definition) is 3. The third kappa shape index (κ3) is 10.4. The Labute approximate surface area is 133 Å². The van der Waals surface area contributed by atoms with Gasteiger partial charge in [0.05, 0.1) is 19.3 Å². The Morgan fingerprint density at radius 2 is 2.11 bits per heavy atom. The molecule has 1 aliphatic rings. The lowest BCUT2D eigenvalue weighted by molar-refractivity contribution is 0.0368. The summed E-state index contributed by atoms with van der Waals surface area (Å²) in [6.45, 7) is 8.47. The van der Waals surface area contributed by atoms with Gasteiger partial charge in [0.25, 0.3) is 0 Å². The quantitative estimate of drug-likeness (QED) is 0.335. The molecule has 0 amide bonds. The Balaban J connectivity index is 0.00000324. The molecule has 1 fully saturated rings. The lowest BCUT2D eigenvalue weighted by atomic mass is 10.4. The van der Waals surface area contributed by atoms with E-state index in [0.29, 0.717) is 19.2 Å². The Morgan fingerprint density at radius 1 is 1.42 bits per heavy atom. The number of ether oxygens (including phenoxy) is 1. The summed E-state index contributed by atoms with van der Waals surface area (Å²) in [7, 11) is 0. The van der Waals surface area contributed by atoms with Crippen molar-refractivity contribution in [3.63, 3.8) is 0 Å². The molecule has 19 heavy (non-hydrogen) atoms. The first kappa shape index (κ1) is 18.9. The molecule has 6 heteroatoms. The fraction of sp³-hybridized carbons (Fsp3) is 0.923. The number of halogens is 1. The number of aliphatic hydroxyl groups is 1. The van der Waals surface area contributed by atoms with E-state index in [1.54, 1.807) is 0 Å². The molecule has 0 heterocycles. The zero-order valence-corrected chi connectivity index (χ0v) is 14.5. The standard InChI is InChI=1S/C13H27N3O2.HI/c1-4-14-13(16-10(2)3)15-7-12(17)9-18-8-11-5-6-11;/h10-12,17H,4-9H2,1-3H3,(H2,14,15,16);1H. The highest BCUT2D eigenvalue weighted by Crippen LogP contribution is 2.28. The molecule has 1 unspecified atom stereocenters. The molecule has 1 rings (SSSR count). The first-order valence-corrected chi connectivity index (χ1v) is 6.92. The maximum atomic E-state index is 9.75. The van der Waals surface area contributed by atoms with Gasteiger partial charge in [-0.05, 0) is 39.5 Å². The number of hydrogen-bond donors (Lipinski definition) is 3. The molecule has 0 aromatic heterocycles. The molecule has 0 bridgehead atoms. The van der Waals surface area contributed by atoms with Crippen molar-refractivity contribution < 1.29 is 9.84 Å². The SMILES string of the molecule is CCNC(=NCC(O)COCC1CC1)NC(C)C.I. The van der Waals surface area contributed by atoms with E-state index in [1.165, 1.54) is 12.8 Å². The van der Waals surface area contributed by atoms with Gasteiger partial charge in [0.15, 0.2) is 5.96 Å². The molecule has 0 radical (unpaired) electrons. The molecule has 1 atom stereocenters. The van der Waals surface area contributed by atoms with Gasteiger partial charge in [-0.2, -0.15) is 0 Å². The van der Waals surface area contributed by atoms with Gasteiger partial charge in [0, 0.05) is 19.2 Å². The van der Waals surface area contributed by atoms with E-state index in [-0.39, 0.29) is 24.0 Å². The molecule has 0 aromatic rings. The Morgan fingerprint density at radius 3 is 2.63 bits per heavy atom. The lowest BCUT2D eigenvalue weighted by Gasteiger charge is -2.15. The fourth-order valence-electron chi connectivity index (χ4n) is 1.50. The van der Waals surface area contributed by atoms with Crippen LogP contribution in [-0.2, 0) is 4.74 Å². The molecule has 1 aliphatic carbocycles. The molecular weight excluding hydrogens is 357 g/mol. The highest BCUT2D eigenvalue weighted by Gasteiger charge is 2.21. The average molecular weight is 385 g/mol. The number of guanidine groups is 1. The normalized spacial score (nSPS) is 17.0. The van der Waals surface area contributed by atoms with Gasteiger partial charge < -0.3 is 20.5 Å². The van der Waals surface area contributed by atoms with Gasteiger partial charge in [-0.3, -0.25) is 4.99 Å². The highest BCUT2D eigenvalue weighted by atomic mass is 127. The number of aliphatic imine (C=N–C) groups is 1. The first-order chi connectivity index (χ1) is 8.61. The van der Waals surface area contributed by atoms with Crippen LogP contribution < -0.4 is 10.6 Å². The van der Waals surface area contributed by atoms with Gasteiger partial charge in [0.2, 0.25) is 0 Å². The second-order valence-corrected chi connectivity index (χ2v) is 5.15. The second-order valence-electron chi connectivity index (χ2n) is 5.15. The second kappa shape index (κ2) is 10.7. The summed E-state index contributed by atoms with van der Waals surface area (Å²) in [6, 6.07) is 0.325. The third-order valence-electron chi connectivity index (χ3n) is 2.59. The smallest absolute Gasteiger partial charge is 0.191 e. The van der Waals surface area contributed by atoms with Gasteiger partial charge in [-0.15, -0.1) is 24.0 Å². The monoisotopic (exact) mass is 385 g/mol. The Hall–Kier alpha value is -0.0800. The maximum absolute atomic E-state index is 9.75. The maximum Gasteiger partial charge on any atom is 0.191 e. The zero-order valence-electron chi connectivity index (χ0n) is 12.2. The molecule has 0 aromatic carbocycles. The van der Waals surface area contributed by atoms with Crippen LogP contribution >= 0.6 is 24.0 Å². The van der Waals surface area contributed by atoms with Crippen molar-refractivity contribution >= 4 is 29.9 Å². The molecule has 0 aliphatic heterocycles. The van der Waals surface area contributed by atoms with Crippen molar-refractivity contribution in [2.75, 3.05) is 26.3 Å². The summed E-state index contributed by atoms with van der Waals surface area (Å²) in [5, 5.41) is 16.1. The lowest BCUT2D eigenvalue weighted by Crippen LogP contribution is -2.41.